The maximum absolute atomic E-state index is 13.0. The number of carbonyl (C=O) groups is 2. The fraction of sp³-hybridized carbons (Fsp3) is 0.176. The van der Waals surface area contributed by atoms with Crippen LogP contribution in [0, 0.1) is 5.82 Å². The molecule has 0 unspecified atom stereocenters. The van der Waals surface area contributed by atoms with E-state index in [2.05, 4.69) is 5.32 Å². The van der Waals surface area contributed by atoms with Crippen LogP contribution in [0.4, 0.5) is 17.6 Å². The van der Waals surface area contributed by atoms with E-state index in [4.69, 9.17) is 10.5 Å². The van der Waals surface area contributed by atoms with Gasteiger partial charge in [-0.3, -0.25) is 9.59 Å². The van der Waals surface area contributed by atoms with E-state index in [-0.39, 0.29) is 16.9 Å². The molecule has 9 heteroatoms. The zero-order chi connectivity index (χ0) is 19.3. The predicted molar refractivity (Wildman–Crippen MR) is 83.7 cm³/mol. The van der Waals surface area contributed by atoms with E-state index in [1.807, 2.05) is 0 Å². The number of nitrogens with one attached hydrogen (secondary N) is 1. The van der Waals surface area contributed by atoms with Crippen molar-refractivity contribution in [2.45, 2.75) is 12.7 Å². The van der Waals surface area contributed by atoms with Gasteiger partial charge in [-0.2, -0.15) is 13.2 Å². The van der Waals surface area contributed by atoms with Crippen molar-refractivity contribution < 1.29 is 31.9 Å². The fourth-order valence-corrected chi connectivity index (χ4v) is 2.08. The van der Waals surface area contributed by atoms with Crippen LogP contribution >= 0.6 is 0 Å². The van der Waals surface area contributed by atoms with Crippen molar-refractivity contribution in [3.63, 3.8) is 0 Å². The third-order valence-electron chi connectivity index (χ3n) is 3.36. The van der Waals surface area contributed by atoms with Gasteiger partial charge in [0, 0.05) is 12.1 Å². The number of hydrogen-bond donors (Lipinski definition) is 2. The summed E-state index contributed by atoms with van der Waals surface area (Å²) in [5.41, 5.74) is 3.93. The number of alkyl halides is 3. The van der Waals surface area contributed by atoms with E-state index in [1.54, 1.807) is 0 Å². The average Bonchev–Trinajstić information content (AvgIpc) is 2.58. The molecule has 3 N–H and O–H groups in total. The summed E-state index contributed by atoms with van der Waals surface area (Å²) in [7, 11) is 0. The van der Waals surface area contributed by atoms with Crippen molar-refractivity contribution in [1.29, 1.82) is 0 Å². The molecule has 0 fully saturated rings. The molecule has 0 spiro atoms. The molecule has 0 radical (unpaired) electrons. The smallest absolute Gasteiger partial charge is 0.416 e. The Balaban J connectivity index is 1.92. The quantitative estimate of drug-likeness (QED) is 0.767. The summed E-state index contributed by atoms with van der Waals surface area (Å²) in [5, 5.41) is 2.27. The van der Waals surface area contributed by atoms with Gasteiger partial charge >= 0.3 is 6.18 Å². The molecule has 138 valence electrons. The largest absolute Gasteiger partial charge is 0.484 e. The van der Waals surface area contributed by atoms with Gasteiger partial charge in [0.2, 0.25) is 5.91 Å². The van der Waals surface area contributed by atoms with Gasteiger partial charge in [-0.15, -0.1) is 0 Å². The molecule has 0 aliphatic heterocycles. The Morgan fingerprint density at radius 3 is 2.31 bits per heavy atom. The van der Waals surface area contributed by atoms with E-state index in [1.165, 1.54) is 24.3 Å². The van der Waals surface area contributed by atoms with Crippen LogP contribution in [0.25, 0.3) is 0 Å². The van der Waals surface area contributed by atoms with E-state index in [0.717, 1.165) is 12.1 Å². The predicted octanol–water partition coefficient (Wildman–Crippen LogP) is 2.64. The van der Waals surface area contributed by atoms with E-state index >= 15 is 0 Å². The summed E-state index contributed by atoms with van der Waals surface area (Å²) in [6.45, 7) is -0.879. The van der Waals surface area contributed by atoms with Crippen molar-refractivity contribution in [2.75, 3.05) is 6.61 Å². The molecular formula is C17H14F4N2O3. The number of benzene rings is 2. The molecule has 2 aromatic carbocycles. The molecule has 26 heavy (non-hydrogen) atoms. The summed E-state index contributed by atoms with van der Waals surface area (Å²) in [4.78, 5) is 22.7. The van der Waals surface area contributed by atoms with Gasteiger partial charge in [-0.05, 0) is 42.0 Å². The lowest BCUT2D eigenvalue weighted by molar-refractivity contribution is -0.138. The molecule has 0 saturated carbocycles. The van der Waals surface area contributed by atoms with Gasteiger partial charge in [0.15, 0.2) is 6.61 Å². The maximum atomic E-state index is 13.0. The molecule has 2 amide bonds. The van der Waals surface area contributed by atoms with Gasteiger partial charge in [0.1, 0.15) is 11.6 Å². The second kappa shape index (κ2) is 7.85. The third-order valence-corrected chi connectivity index (χ3v) is 3.36. The number of primary amides is 1. The summed E-state index contributed by atoms with van der Waals surface area (Å²) in [6.07, 6.45) is -4.74. The fourth-order valence-electron chi connectivity index (χ4n) is 2.08. The first-order chi connectivity index (χ1) is 12.2. The summed E-state index contributed by atoms with van der Waals surface area (Å²) >= 11 is 0. The first kappa shape index (κ1) is 19.2. The topological polar surface area (TPSA) is 81.4 Å². The normalized spacial score (nSPS) is 11.1. The van der Waals surface area contributed by atoms with Crippen LogP contribution in [0.2, 0.25) is 0 Å². The number of amides is 2. The Kier molecular flexibility index (Phi) is 5.81. The highest BCUT2D eigenvalue weighted by Gasteiger charge is 2.33. The van der Waals surface area contributed by atoms with Crippen LogP contribution < -0.4 is 15.8 Å². The monoisotopic (exact) mass is 370 g/mol. The van der Waals surface area contributed by atoms with Crippen molar-refractivity contribution in [1.82, 2.24) is 5.32 Å². The second-order valence-corrected chi connectivity index (χ2v) is 5.25. The van der Waals surface area contributed by atoms with Crippen molar-refractivity contribution >= 4 is 11.8 Å². The summed E-state index contributed by atoms with van der Waals surface area (Å²) in [6, 6.07) is 7.88. The summed E-state index contributed by atoms with van der Waals surface area (Å²) < 4.78 is 56.8. The van der Waals surface area contributed by atoms with E-state index in [0.29, 0.717) is 6.07 Å². The molecule has 0 aliphatic carbocycles. The van der Waals surface area contributed by atoms with Crippen LogP contribution in [0.3, 0.4) is 0 Å². The highest BCUT2D eigenvalue weighted by atomic mass is 19.4. The maximum Gasteiger partial charge on any atom is 0.416 e. The van der Waals surface area contributed by atoms with Crippen LogP contribution in [-0.4, -0.2) is 18.4 Å². The molecule has 0 heterocycles. The number of rotatable bonds is 6. The lowest BCUT2D eigenvalue weighted by Crippen LogP contribution is -2.29. The van der Waals surface area contributed by atoms with E-state index in [9.17, 15) is 27.2 Å². The second-order valence-electron chi connectivity index (χ2n) is 5.25. The van der Waals surface area contributed by atoms with E-state index < -0.39 is 42.5 Å². The van der Waals surface area contributed by atoms with Crippen molar-refractivity contribution in [2.24, 2.45) is 5.73 Å². The van der Waals surface area contributed by atoms with Gasteiger partial charge < -0.3 is 15.8 Å². The number of carbonyl (C=O) groups excluding carboxylic acids is 2. The van der Waals surface area contributed by atoms with Crippen molar-refractivity contribution in [3.8, 4) is 5.75 Å². The lowest BCUT2D eigenvalue weighted by atomic mass is 10.1. The molecule has 0 aliphatic rings. The highest BCUT2D eigenvalue weighted by molar-refractivity contribution is 5.92. The zero-order valence-corrected chi connectivity index (χ0v) is 13.3. The first-order valence-corrected chi connectivity index (χ1v) is 7.32. The van der Waals surface area contributed by atoms with Crippen LogP contribution in [0.15, 0.2) is 42.5 Å². The number of halogens is 4. The molecule has 2 aromatic rings. The molecule has 5 nitrogen and oxygen atoms in total. The molecule has 0 bridgehead atoms. The third kappa shape index (κ3) is 5.20. The Morgan fingerprint density at radius 2 is 1.73 bits per heavy atom. The number of ether oxygens (including phenoxy) is 1. The minimum atomic E-state index is -4.74. The van der Waals surface area contributed by atoms with Crippen LogP contribution in [-0.2, 0) is 17.5 Å². The Morgan fingerprint density at radius 1 is 1.08 bits per heavy atom. The summed E-state index contributed by atoms with van der Waals surface area (Å²) in [5.74, 6) is -2.02. The Labute approximate surface area is 145 Å². The van der Waals surface area contributed by atoms with Gasteiger partial charge in [0.25, 0.3) is 5.91 Å². The van der Waals surface area contributed by atoms with Crippen LogP contribution in [0.1, 0.15) is 21.5 Å². The molecule has 0 saturated heterocycles. The minimum Gasteiger partial charge on any atom is -0.484 e. The zero-order valence-electron chi connectivity index (χ0n) is 13.3. The molecular weight excluding hydrogens is 356 g/mol. The first-order valence-electron chi connectivity index (χ1n) is 7.32. The standard InChI is InChI=1S/C17H14F4N2O3/c18-12-4-1-11(14(7-12)17(19,20)21)8-23-15(24)9-26-13-5-2-10(3-6-13)16(22)25/h1-7H,8-9H2,(H2,22,25)(H,23,24). The van der Waals surface area contributed by atoms with Gasteiger partial charge in [0.05, 0.1) is 5.56 Å². The highest BCUT2D eigenvalue weighted by Crippen LogP contribution is 2.32. The van der Waals surface area contributed by atoms with Crippen LogP contribution in [0.5, 0.6) is 5.75 Å². The van der Waals surface area contributed by atoms with Crippen molar-refractivity contribution in [3.05, 3.63) is 65.0 Å². The minimum absolute atomic E-state index is 0.262. The molecule has 2 rings (SSSR count). The number of nitrogens with two attached hydrogens (primary N) is 1. The molecule has 0 atom stereocenters. The molecule has 0 aromatic heterocycles. The average molecular weight is 370 g/mol. The lowest BCUT2D eigenvalue weighted by Gasteiger charge is -2.14. The Hall–Kier alpha value is -3.10. The van der Waals surface area contributed by atoms with Gasteiger partial charge in [-0.1, -0.05) is 6.07 Å². The SMILES string of the molecule is NC(=O)c1ccc(OCC(=O)NCc2ccc(F)cc2C(F)(F)F)cc1. The van der Waals surface area contributed by atoms with Gasteiger partial charge in [-0.25, -0.2) is 4.39 Å². The Bertz CT molecular complexity index is 805. The number of hydrogen-bond acceptors (Lipinski definition) is 3.